The minimum atomic E-state index is 0.601. The van der Waals surface area contributed by atoms with E-state index in [1.807, 2.05) is 12.1 Å². The van der Waals surface area contributed by atoms with Gasteiger partial charge in [-0.05, 0) is 12.1 Å². The van der Waals surface area contributed by atoms with E-state index < -0.39 is 0 Å². The molecule has 4 nitrogen and oxygen atoms in total. The third-order valence-corrected chi connectivity index (χ3v) is 2.44. The molecule has 0 aliphatic rings. The number of hydrogen-bond donors (Lipinski definition) is 0. The summed E-state index contributed by atoms with van der Waals surface area (Å²) < 4.78 is 15.9. The molecule has 0 aliphatic heterocycles. The molecule has 0 N–H and O–H groups in total. The molecule has 2 rings (SSSR count). The maximum atomic E-state index is 5.36. The molecule has 0 bridgehead atoms. The molecule has 0 radical (unpaired) electrons. The molecule has 0 unspecified atom stereocenters. The van der Waals surface area contributed by atoms with E-state index in [0.717, 1.165) is 10.8 Å². The third kappa shape index (κ3) is 1.52. The van der Waals surface area contributed by atoms with E-state index in [0.29, 0.717) is 17.2 Å². The van der Waals surface area contributed by atoms with Gasteiger partial charge in [0, 0.05) is 23.2 Å². The molecule has 16 heavy (non-hydrogen) atoms. The predicted molar refractivity (Wildman–Crippen MR) is 61.4 cm³/mol. The van der Waals surface area contributed by atoms with E-state index in [1.54, 1.807) is 33.7 Å². The molecule has 1 aromatic heterocycles. The summed E-state index contributed by atoms with van der Waals surface area (Å²) in [6.45, 7) is 0. The quantitative estimate of drug-likeness (QED) is 0.794. The van der Waals surface area contributed by atoms with Crippen molar-refractivity contribution in [3.63, 3.8) is 0 Å². The van der Waals surface area contributed by atoms with Crippen molar-refractivity contribution in [1.29, 1.82) is 0 Å². The van der Waals surface area contributed by atoms with Crippen molar-refractivity contribution in [1.82, 2.24) is 4.98 Å². The molecule has 1 aromatic carbocycles. The Morgan fingerprint density at radius 3 is 2.38 bits per heavy atom. The number of ether oxygens (including phenoxy) is 3. The summed E-state index contributed by atoms with van der Waals surface area (Å²) in [5.74, 6) is 1.91. The Kier molecular flexibility index (Phi) is 2.81. The SMILES string of the molecule is COc1cc2cnccc2c(OC)c1OC. The van der Waals surface area contributed by atoms with Crippen molar-refractivity contribution in [2.75, 3.05) is 21.3 Å². The standard InChI is InChI=1S/C12H13NO3/c1-14-10-6-8-7-13-5-4-9(8)11(15-2)12(10)16-3/h4-7H,1-3H3. The van der Waals surface area contributed by atoms with Crippen LogP contribution in [-0.2, 0) is 0 Å². The van der Waals surface area contributed by atoms with E-state index >= 15 is 0 Å². The van der Waals surface area contributed by atoms with Crippen LogP contribution in [0.1, 0.15) is 0 Å². The lowest BCUT2D eigenvalue weighted by atomic mass is 10.1. The van der Waals surface area contributed by atoms with Crippen molar-refractivity contribution in [2.45, 2.75) is 0 Å². The molecule has 84 valence electrons. The minimum Gasteiger partial charge on any atom is -0.493 e. The highest BCUT2D eigenvalue weighted by molar-refractivity contribution is 5.92. The average Bonchev–Trinajstić information content (AvgIpc) is 2.36. The lowest BCUT2D eigenvalue weighted by Crippen LogP contribution is -1.96. The fourth-order valence-corrected chi connectivity index (χ4v) is 1.72. The van der Waals surface area contributed by atoms with Crippen LogP contribution in [-0.4, -0.2) is 26.3 Å². The fourth-order valence-electron chi connectivity index (χ4n) is 1.72. The molecule has 0 spiro atoms. The number of nitrogens with zero attached hydrogens (tertiary/aromatic N) is 1. The Morgan fingerprint density at radius 2 is 1.75 bits per heavy atom. The zero-order valence-electron chi connectivity index (χ0n) is 9.48. The Morgan fingerprint density at radius 1 is 1.00 bits per heavy atom. The van der Waals surface area contributed by atoms with Gasteiger partial charge in [0.25, 0.3) is 0 Å². The molecule has 0 saturated carbocycles. The first-order valence-corrected chi connectivity index (χ1v) is 4.84. The predicted octanol–water partition coefficient (Wildman–Crippen LogP) is 2.26. The van der Waals surface area contributed by atoms with Crippen molar-refractivity contribution >= 4 is 10.8 Å². The van der Waals surface area contributed by atoms with Gasteiger partial charge in [0.05, 0.1) is 21.3 Å². The van der Waals surface area contributed by atoms with Gasteiger partial charge in [0.1, 0.15) is 0 Å². The highest BCUT2D eigenvalue weighted by Crippen LogP contribution is 2.42. The topological polar surface area (TPSA) is 40.6 Å². The maximum Gasteiger partial charge on any atom is 0.203 e. The molecule has 0 fully saturated rings. The Balaban J connectivity index is 2.82. The van der Waals surface area contributed by atoms with Gasteiger partial charge in [-0.2, -0.15) is 0 Å². The summed E-state index contributed by atoms with van der Waals surface area (Å²) in [4.78, 5) is 4.07. The highest BCUT2D eigenvalue weighted by atomic mass is 16.5. The number of aromatic nitrogens is 1. The van der Waals surface area contributed by atoms with E-state index in [4.69, 9.17) is 14.2 Å². The number of fused-ring (bicyclic) bond motifs is 1. The van der Waals surface area contributed by atoms with Gasteiger partial charge in [0.2, 0.25) is 5.75 Å². The first-order chi connectivity index (χ1) is 7.81. The van der Waals surface area contributed by atoms with Crippen LogP contribution in [0.3, 0.4) is 0 Å². The number of pyridine rings is 1. The summed E-state index contributed by atoms with van der Waals surface area (Å²) in [7, 11) is 4.80. The van der Waals surface area contributed by atoms with Crippen LogP contribution in [0.15, 0.2) is 24.5 Å². The number of benzene rings is 1. The molecule has 2 aromatic rings. The smallest absolute Gasteiger partial charge is 0.203 e. The van der Waals surface area contributed by atoms with Crippen LogP contribution in [0.5, 0.6) is 17.2 Å². The Labute approximate surface area is 93.8 Å². The molecular formula is C12H13NO3. The summed E-state index contributed by atoms with van der Waals surface area (Å²) in [6, 6.07) is 3.76. The van der Waals surface area contributed by atoms with E-state index in [1.165, 1.54) is 0 Å². The van der Waals surface area contributed by atoms with Gasteiger partial charge in [-0.15, -0.1) is 0 Å². The second-order valence-corrected chi connectivity index (χ2v) is 3.24. The van der Waals surface area contributed by atoms with Crippen molar-refractivity contribution in [2.24, 2.45) is 0 Å². The number of hydrogen-bond acceptors (Lipinski definition) is 4. The van der Waals surface area contributed by atoms with Gasteiger partial charge in [-0.1, -0.05) is 0 Å². The summed E-state index contributed by atoms with van der Waals surface area (Å²) in [5, 5.41) is 1.91. The molecule has 0 saturated heterocycles. The first kappa shape index (κ1) is 10.5. The maximum absolute atomic E-state index is 5.36. The zero-order chi connectivity index (χ0) is 11.5. The van der Waals surface area contributed by atoms with Crippen LogP contribution in [0.25, 0.3) is 10.8 Å². The van der Waals surface area contributed by atoms with Crippen LogP contribution in [0.4, 0.5) is 0 Å². The molecule has 0 aliphatic carbocycles. The molecule has 0 atom stereocenters. The summed E-state index contributed by atoms with van der Waals surface area (Å²) >= 11 is 0. The van der Waals surface area contributed by atoms with Crippen LogP contribution in [0, 0.1) is 0 Å². The highest BCUT2D eigenvalue weighted by Gasteiger charge is 2.15. The minimum absolute atomic E-state index is 0.601. The van der Waals surface area contributed by atoms with Crippen molar-refractivity contribution < 1.29 is 14.2 Å². The van der Waals surface area contributed by atoms with Gasteiger partial charge in [0.15, 0.2) is 11.5 Å². The van der Waals surface area contributed by atoms with Gasteiger partial charge in [-0.3, -0.25) is 4.98 Å². The molecule has 1 heterocycles. The van der Waals surface area contributed by atoms with Gasteiger partial charge >= 0.3 is 0 Å². The van der Waals surface area contributed by atoms with Gasteiger partial charge < -0.3 is 14.2 Å². The monoisotopic (exact) mass is 219 g/mol. The second-order valence-electron chi connectivity index (χ2n) is 3.24. The van der Waals surface area contributed by atoms with Crippen LogP contribution in [0.2, 0.25) is 0 Å². The lowest BCUT2D eigenvalue weighted by Gasteiger charge is -2.14. The average molecular weight is 219 g/mol. The van der Waals surface area contributed by atoms with E-state index in [2.05, 4.69) is 4.98 Å². The van der Waals surface area contributed by atoms with Crippen molar-refractivity contribution in [3.8, 4) is 17.2 Å². The van der Waals surface area contributed by atoms with E-state index in [-0.39, 0.29) is 0 Å². The van der Waals surface area contributed by atoms with E-state index in [9.17, 15) is 0 Å². The van der Waals surface area contributed by atoms with Crippen molar-refractivity contribution in [3.05, 3.63) is 24.5 Å². The Bertz CT molecular complexity index is 511. The Hall–Kier alpha value is -1.97. The third-order valence-electron chi connectivity index (χ3n) is 2.44. The zero-order valence-corrected chi connectivity index (χ0v) is 9.48. The van der Waals surface area contributed by atoms with Crippen LogP contribution >= 0.6 is 0 Å². The normalized spacial score (nSPS) is 10.2. The largest absolute Gasteiger partial charge is 0.493 e. The molecule has 0 amide bonds. The second kappa shape index (κ2) is 4.26. The number of rotatable bonds is 3. The molecule has 4 heteroatoms. The first-order valence-electron chi connectivity index (χ1n) is 4.84. The molecular weight excluding hydrogens is 206 g/mol. The fraction of sp³-hybridized carbons (Fsp3) is 0.250. The lowest BCUT2D eigenvalue weighted by molar-refractivity contribution is 0.327. The summed E-state index contributed by atoms with van der Waals surface area (Å²) in [5.41, 5.74) is 0. The van der Waals surface area contributed by atoms with Crippen LogP contribution < -0.4 is 14.2 Å². The number of methoxy groups -OCH3 is 3. The summed E-state index contributed by atoms with van der Waals surface area (Å²) in [6.07, 6.45) is 3.48. The van der Waals surface area contributed by atoms with Gasteiger partial charge in [-0.25, -0.2) is 0 Å².